The Labute approximate surface area is 133 Å². The van der Waals surface area contributed by atoms with Gasteiger partial charge in [-0.2, -0.15) is 0 Å². The van der Waals surface area contributed by atoms with Crippen molar-refractivity contribution in [2.24, 2.45) is 0 Å². The maximum absolute atomic E-state index is 12.6. The number of hydrogen-bond donors (Lipinski definition) is 1. The number of aromatic nitrogens is 1. The summed E-state index contributed by atoms with van der Waals surface area (Å²) in [7, 11) is 0. The van der Waals surface area contributed by atoms with Crippen LogP contribution in [-0.2, 0) is 6.54 Å². The molecular weight excluding hydrogens is 272 g/mol. The van der Waals surface area contributed by atoms with Gasteiger partial charge in [0.25, 0.3) is 5.91 Å². The fourth-order valence-electron chi connectivity index (χ4n) is 2.74. The van der Waals surface area contributed by atoms with Crippen molar-refractivity contribution in [2.45, 2.75) is 53.6 Å². The summed E-state index contributed by atoms with van der Waals surface area (Å²) < 4.78 is 2.11. The maximum Gasteiger partial charge on any atom is 0.268 e. The number of carbonyl (C=O) groups is 1. The van der Waals surface area contributed by atoms with Gasteiger partial charge >= 0.3 is 0 Å². The molecule has 1 amide bonds. The lowest BCUT2D eigenvalue weighted by Gasteiger charge is -2.16. The number of nitrogens with one attached hydrogen (secondary N) is 1. The van der Waals surface area contributed by atoms with Gasteiger partial charge in [-0.1, -0.05) is 36.8 Å². The summed E-state index contributed by atoms with van der Waals surface area (Å²) in [5, 5.41) is 3.08. The van der Waals surface area contributed by atoms with Crippen LogP contribution in [0, 0.1) is 20.8 Å². The molecule has 3 heteroatoms. The van der Waals surface area contributed by atoms with Crippen LogP contribution in [0.25, 0.3) is 0 Å². The van der Waals surface area contributed by atoms with E-state index in [4.69, 9.17) is 0 Å². The lowest BCUT2D eigenvalue weighted by Crippen LogP contribution is -2.34. The van der Waals surface area contributed by atoms with Crippen LogP contribution in [0.4, 0.5) is 0 Å². The number of rotatable bonds is 5. The van der Waals surface area contributed by atoms with Gasteiger partial charge in [-0.05, 0) is 51.3 Å². The van der Waals surface area contributed by atoms with Gasteiger partial charge in [0.15, 0.2) is 0 Å². The van der Waals surface area contributed by atoms with Gasteiger partial charge in [0.2, 0.25) is 0 Å². The van der Waals surface area contributed by atoms with Gasteiger partial charge in [-0.3, -0.25) is 4.79 Å². The number of hydrogen-bond acceptors (Lipinski definition) is 1. The van der Waals surface area contributed by atoms with E-state index in [9.17, 15) is 4.79 Å². The summed E-state index contributed by atoms with van der Waals surface area (Å²) in [4.78, 5) is 12.6. The molecule has 1 aromatic carbocycles. The van der Waals surface area contributed by atoms with Crippen LogP contribution in [0.3, 0.4) is 0 Å². The smallest absolute Gasteiger partial charge is 0.268 e. The Hall–Kier alpha value is -2.03. The molecule has 0 aliphatic heterocycles. The number of nitrogens with zero attached hydrogens (tertiary/aromatic N) is 1. The van der Waals surface area contributed by atoms with Crippen molar-refractivity contribution < 1.29 is 4.79 Å². The van der Waals surface area contributed by atoms with E-state index in [1.807, 2.05) is 13.8 Å². The zero-order valence-corrected chi connectivity index (χ0v) is 14.2. The molecule has 2 aromatic rings. The Morgan fingerprint density at radius 2 is 1.95 bits per heavy atom. The molecule has 0 saturated heterocycles. The fraction of sp³-hybridized carbons (Fsp3) is 0.421. The summed E-state index contributed by atoms with van der Waals surface area (Å²) in [5.74, 6) is 0.0209. The topological polar surface area (TPSA) is 34.0 Å². The van der Waals surface area contributed by atoms with E-state index in [1.54, 1.807) is 0 Å². The van der Waals surface area contributed by atoms with E-state index in [0.29, 0.717) is 0 Å². The largest absolute Gasteiger partial charge is 0.348 e. The van der Waals surface area contributed by atoms with Crippen LogP contribution in [0.2, 0.25) is 0 Å². The molecule has 0 bridgehead atoms. The average molecular weight is 298 g/mol. The van der Waals surface area contributed by atoms with Gasteiger partial charge in [0.05, 0.1) is 0 Å². The summed E-state index contributed by atoms with van der Waals surface area (Å²) in [5.41, 5.74) is 5.39. The van der Waals surface area contributed by atoms with Crippen molar-refractivity contribution in [3.05, 3.63) is 58.4 Å². The second-order valence-electron chi connectivity index (χ2n) is 6.18. The predicted octanol–water partition coefficient (Wildman–Crippen LogP) is 3.99. The molecule has 1 atom stereocenters. The van der Waals surface area contributed by atoms with Gasteiger partial charge in [0.1, 0.15) is 5.69 Å². The molecule has 22 heavy (non-hydrogen) atoms. The molecule has 0 fully saturated rings. The van der Waals surface area contributed by atoms with Crippen LogP contribution < -0.4 is 5.32 Å². The van der Waals surface area contributed by atoms with Crippen molar-refractivity contribution in [1.29, 1.82) is 0 Å². The summed E-state index contributed by atoms with van der Waals surface area (Å²) in [6, 6.07) is 10.7. The molecule has 0 saturated carbocycles. The monoisotopic (exact) mass is 298 g/mol. The van der Waals surface area contributed by atoms with Crippen molar-refractivity contribution in [3.8, 4) is 0 Å². The van der Waals surface area contributed by atoms with Gasteiger partial charge in [0, 0.05) is 18.3 Å². The van der Waals surface area contributed by atoms with Crippen LogP contribution in [-0.4, -0.2) is 16.5 Å². The van der Waals surface area contributed by atoms with E-state index in [0.717, 1.165) is 29.9 Å². The minimum absolute atomic E-state index is 0.0209. The highest BCUT2D eigenvalue weighted by atomic mass is 16.2. The van der Waals surface area contributed by atoms with Crippen molar-refractivity contribution in [1.82, 2.24) is 9.88 Å². The highest BCUT2D eigenvalue weighted by Crippen LogP contribution is 2.18. The average Bonchev–Trinajstić information content (AvgIpc) is 2.73. The van der Waals surface area contributed by atoms with E-state index in [-0.39, 0.29) is 11.9 Å². The molecule has 0 unspecified atom stereocenters. The first-order valence-corrected chi connectivity index (χ1v) is 7.95. The third kappa shape index (κ3) is 3.59. The quantitative estimate of drug-likeness (QED) is 0.889. The van der Waals surface area contributed by atoms with Gasteiger partial charge < -0.3 is 9.88 Å². The van der Waals surface area contributed by atoms with Crippen molar-refractivity contribution in [2.75, 3.05) is 0 Å². The molecule has 0 spiro atoms. The Kier molecular flexibility index (Phi) is 5.07. The third-order valence-electron chi connectivity index (χ3n) is 4.12. The summed E-state index contributed by atoms with van der Waals surface area (Å²) in [6.07, 6.45) is 0.933. The molecule has 0 aliphatic carbocycles. The zero-order valence-electron chi connectivity index (χ0n) is 14.2. The molecule has 0 radical (unpaired) electrons. The number of benzene rings is 1. The van der Waals surface area contributed by atoms with Crippen molar-refractivity contribution in [3.63, 3.8) is 0 Å². The van der Waals surface area contributed by atoms with E-state index in [2.05, 4.69) is 61.0 Å². The Morgan fingerprint density at radius 1 is 1.23 bits per heavy atom. The molecule has 1 N–H and O–H groups in total. The molecule has 3 nitrogen and oxygen atoms in total. The Bertz CT molecular complexity index is 670. The number of amides is 1. The second-order valence-corrected chi connectivity index (χ2v) is 6.18. The standard InChI is InChI=1S/C19H26N2O/c1-6-15(4)20-19(22)18-14(3)11-16(5)21(18)12-17-9-7-8-13(2)10-17/h7-11,15H,6,12H2,1-5H3,(H,20,22)/t15-/m1/s1. The fourth-order valence-corrected chi connectivity index (χ4v) is 2.74. The number of aryl methyl sites for hydroxylation is 3. The van der Waals surface area contributed by atoms with E-state index < -0.39 is 0 Å². The lowest BCUT2D eigenvalue weighted by atomic mass is 10.1. The summed E-state index contributed by atoms with van der Waals surface area (Å²) in [6.45, 7) is 11.0. The molecule has 1 aromatic heterocycles. The first kappa shape index (κ1) is 16.3. The highest BCUT2D eigenvalue weighted by Gasteiger charge is 2.18. The van der Waals surface area contributed by atoms with Gasteiger partial charge in [-0.25, -0.2) is 0 Å². The minimum Gasteiger partial charge on any atom is -0.348 e. The second kappa shape index (κ2) is 6.82. The molecular formula is C19H26N2O. The van der Waals surface area contributed by atoms with E-state index in [1.165, 1.54) is 11.1 Å². The van der Waals surface area contributed by atoms with E-state index >= 15 is 0 Å². The third-order valence-corrected chi connectivity index (χ3v) is 4.12. The first-order chi connectivity index (χ1) is 10.4. The summed E-state index contributed by atoms with van der Waals surface area (Å²) >= 11 is 0. The van der Waals surface area contributed by atoms with Crippen LogP contribution in [0.1, 0.15) is 53.1 Å². The minimum atomic E-state index is 0.0209. The highest BCUT2D eigenvalue weighted by molar-refractivity contribution is 5.94. The Balaban J connectivity index is 2.33. The SMILES string of the molecule is CC[C@@H](C)NC(=O)c1c(C)cc(C)n1Cc1cccc(C)c1. The molecule has 0 aliphatic rings. The predicted molar refractivity (Wildman–Crippen MR) is 91.4 cm³/mol. The molecule has 2 rings (SSSR count). The van der Waals surface area contributed by atoms with Gasteiger partial charge in [-0.15, -0.1) is 0 Å². The van der Waals surface area contributed by atoms with Crippen LogP contribution in [0.5, 0.6) is 0 Å². The van der Waals surface area contributed by atoms with Crippen molar-refractivity contribution >= 4 is 5.91 Å². The lowest BCUT2D eigenvalue weighted by molar-refractivity contribution is 0.0929. The molecule has 1 heterocycles. The zero-order chi connectivity index (χ0) is 16.3. The Morgan fingerprint density at radius 3 is 2.59 bits per heavy atom. The van der Waals surface area contributed by atoms with Crippen LogP contribution >= 0.6 is 0 Å². The normalized spacial score (nSPS) is 12.2. The first-order valence-electron chi connectivity index (χ1n) is 7.95. The molecule has 118 valence electrons. The van der Waals surface area contributed by atoms with Crippen LogP contribution in [0.15, 0.2) is 30.3 Å². The maximum atomic E-state index is 12.6. The number of carbonyl (C=O) groups excluding carboxylic acids is 1.